The van der Waals surface area contributed by atoms with Gasteiger partial charge >= 0.3 is 0 Å². The van der Waals surface area contributed by atoms with Crippen molar-refractivity contribution in [3.63, 3.8) is 0 Å². The minimum Gasteiger partial charge on any atom is -0.412 e. The van der Waals surface area contributed by atoms with E-state index in [0.717, 1.165) is 6.42 Å². The summed E-state index contributed by atoms with van der Waals surface area (Å²) in [4.78, 5) is 0. The number of aliphatic hydroxyl groups excluding tert-OH is 1. The molecule has 5 heteroatoms. The van der Waals surface area contributed by atoms with Crippen molar-refractivity contribution in [1.82, 2.24) is 0 Å². The van der Waals surface area contributed by atoms with Crippen LogP contribution in [0.25, 0.3) is 0 Å². The third-order valence-corrected chi connectivity index (χ3v) is 9.78. The maximum atomic E-state index is 9.71. The molecule has 1 rings (SSSR count). The first-order chi connectivity index (χ1) is 8.50. The normalized spacial score (nSPS) is 36.7. The second kappa shape index (κ2) is 5.51. The summed E-state index contributed by atoms with van der Waals surface area (Å²) in [6, 6.07) is 0.0521. The molecular formula is C14H31BO3Si. The van der Waals surface area contributed by atoms with Gasteiger partial charge in [0.1, 0.15) is 7.85 Å². The Labute approximate surface area is 120 Å². The van der Waals surface area contributed by atoms with Gasteiger partial charge in [-0.1, -0.05) is 34.6 Å². The minimum atomic E-state index is -1.80. The topological polar surface area (TPSA) is 38.7 Å². The van der Waals surface area contributed by atoms with Gasteiger partial charge in [-0.05, 0) is 24.6 Å². The van der Waals surface area contributed by atoms with Crippen LogP contribution >= 0.6 is 0 Å². The molecule has 1 N–H and O–H groups in total. The van der Waals surface area contributed by atoms with Crippen molar-refractivity contribution in [1.29, 1.82) is 0 Å². The van der Waals surface area contributed by atoms with Gasteiger partial charge in [0.15, 0.2) is 8.32 Å². The highest BCUT2D eigenvalue weighted by molar-refractivity contribution is 6.74. The molecule has 0 aromatic rings. The molecule has 4 atom stereocenters. The van der Waals surface area contributed by atoms with Crippen molar-refractivity contribution in [2.24, 2.45) is 5.92 Å². The first-order valence-corrected chi connectivity index (χ1v) is 10.4. The molecule has 1 aliphatic rings. The van der Waals surface area contributed by atoms with Gasteiger partial charge in [0.2, 0.25) is 0 Å². The third kappa shape index (κ3) is 3.09. The monoisotopic (exact) mass is 286 g/mol. The smallest absolute Gasteiger partial charge is 0.192 e. The third-order valence-electron chi connectivity index (χ3n) is 5.31. The maximum Gasteiger partial charge on any atom is 0.192 e. The first kappa shape index (κ1) is 17.2. The van der Waals surface area contributed by atoms with Crippen molar-refractivity contribution in [3.05, 3.63) is 0 Å². The Hall–Kier alpha value is 0.162. The van der Waals surface area contributed by atoms with E-state index in [0.29, 0.717) is 0 Å². The Kier molecular flexibility index (Phi) is 4.99. The number of hydrogen-bond acceptors (Lipinski definition) is 3. The number of hydrogen-bond donors (Lipinski definition) is 1. The Morgan fingerprint density at radius 3 is 2.21 bits per heavy atom. The molecule has 3 nitrogen and oxygen atoms in total. The van der Waals surface area contributed by atoms with E-state index in [9.17, 15) is 5.11 Å². The minimum absolute atomic E-state index is 0.0521. The van der Waals surface area contributed by atoms with Gasteiger partial charge in [0, 0.05) is 11.9 Å². The van der Waals surface area contributed by atoms with Crippen LogP contribution in [0.2, 0.25) is 18.1 Å². The van der Waals surface area contributed by atoms with Crippen LogP contribution in [0.3, 0.4) is 0 Å². The van der Waals surface area contributed by atoms with Gasteiger partial charge in [-0.3, -0.25) is 0 Å². The Morgan fingerprint density at radius 1 is 1.37 bits per heavy atom. The summed E-state index contributed by atoms with van der Waals surface area (Å²) in [7, 11) is 0.268. The van der Waals surface area contributed by atoms with Crippen molar-refractivity contribution < 1.29 is 14.3 Å². The van der Waals surface area contributed by atoms with E-state index in [1.807, 2.05) is 0 Å². The molecule has 1 aliphatic heterocycles. The van der Waals surface area contributed by atoms with Crippen LogP contribution in [0.1, 0.15) is 41.0 Å². The lowest BCUT2D eigenvalue weighted by molar-refractivity contribution is -0.0709. The molecule has 0 saturated carbocycles. The van der Waals surface area contributed by atoms with Crippen molar-refractivity contribution in [2.75, 3.05) is 6.61 Å². The van der Waals surface area contributed by atoms with Crippen LogP contribution in [0.4, 0.5) is 0 Å². The maximum absolute atomic E-state index is 9.71. The van der Waals surface area contributed by atoms with Gasteiger partial charge < -0.3 is 14.3 Å². The fourth-order valence-electron chi connectivity index (χ4n) is 2.66. The molecule has 0 spiro atoms. The Morgan fingerprint density at radius 2 is 1.89 bits per heavy atom. The van der Waals surface area contributed by atoms with Crippen molar-refractivity contribution >= 4 is 16.2 Å². The molecule has 0 aromatic carbocycles. The van der Waals surface area contributed by atoms with Crippen LogP contribution in [0, 0.1) is 5.92 Å². The molecule has 0 bridgehead atoms. The average Bonchev–Trinajstić information content (AvgIpc) is 2.52. The first-order valence-electron chi connectivity index (χ1n) is 7.47. The summed E-state index contributed by atoms with van der Waals surface area (Å²) < 4.78 is 12.6. The van der Waals surface area contributed by atoms with Crippen LogP contribution in [0.5, 0.6) is 0 Å². The summed E-state index contributed by atoms with van der Waals surface area (Å²) in [6.45, 7) is 15.6. The molecule has 1 heterocycles. The van der Waals surface area contributed by atoms with E-state index >= 15 is 0 Å². The highest BCUT2D eigenvalue weighted by Gasteiger charge is 2.52. The quantitative estimate of drug-likeness (QED) is 0.805. The highest BCUT2D eigenvalue weighted by Crippen LogP contribution is 2.44. The largest absolute Gasteiger partial charge is 0.412 e. The fourth-order valence-corrected chi connectivity index (χ4v) is 4.09. The van der Waals surface area contributed by atoms with Crippen LogP contribution < -0.4 is 0 Å². The fraction of sp³-hybridized carbons (Fsp3) is 1.00. The van der Waals surface area contributed by atoms with Crippen molar-refractivity contribution in [2.45, 2.75) is 76.9 Å². The molecule has 0 unspecified atom stereocenters. The lowest BCUT2D eigenvalue weighted by Gasteiger charge is -2.40. The van der Waals surface area contributed by atoms with Gasteiger partial charge in [0.25, 0.3) is 0 Å². The van der Waals surface area contributed by atoms with Gasteiger partial charge in [-0.2, -0.15) is 0 Å². The highest BCUT2D eigenvalue weighted by atomic mass is 28.4. The van der Waals surface area contributed by atoms with Crippen LogP contribution in [-0.2, 0) is 9.16 Å². The summed E-state index contributed by atoms with van der Waals surface area (Å²) in [6.07, 6.45) is 0.916. The lowest BCUT2D eigenvalue weighted by atomic mass is 9.82. The zero-order chi connectivity index (χ0) is 15.1. The number of aliphatic hydroxyl groups is 1. The number of rotatable bonds is 4. The van der Waals surface area contributed by atoms with Crippen molar-refractivity contribution in [3.8, 4) is 0 Å². The molecule has 112 valence electrons. The predicted molar refractivity (Wildman–Crippen MR) is 84.8 cm³/mol. The van der Waals surface area contributed by atoms with E-state index in [2.05, 4.69) is 55.6 Å². The van der Waals surface area contributed by atoms with Gasteiger partial charge in [-0.15, -0.1) is 0 Å². The summed E-state index contributed by atoms with van der Waals surface area (Å²) in [5.41, 5.74) is -0.424. The Balaban J connectivity index is 2.91. The lowest BCUT2D eigenvalue weighted by Crippen LogP contribution is -2.48. The zero-order valence-corrected chi connectivity index (χ0v) is 14.9. The molecule has 0 radical (unpaired) electrons. The molecule has 0 aromatic heterocycles. The second-order valence-electron chi connectivity index (χ2n) is 7.53. The molecule has 19 heavy (non-hydrogen) atoms. The van der Waals surface area contributed by atoms with E-state index < -0.39 is 13.9 Å². The molecule has 0 amide bonds. The molecular weight excluding hydrogens is 255 g/mol. The predicted octanol–water partition coefficient (Wildman–Crippen LogP) is 2.14. The summed E-state index contributed by atoms with van der Waals surface area (Å²) in [5.74, 6) is 0.228. The van der Waals surface area contributed by atoms with E-state index in [1.54, 1.807) is 0 Å². The van der Waals surface area contributed by atoms with E-state index in [4.69, 9.17) is 9.16 Å². The van der Waals surface area contributed by atoms with Gasteiger partial charge in [0.05, 0.1) is 18.3 Å². The summed E-state index contributed by atoms with van der Waals surface area (Å²) >= 11 is 0. The van der Waals surface area contributed by atoms with E-state index in [-0.39, 0.29) is 29.7 Å². The molecule has 1 saturated heterocycles. The van der Waals surface area contributed by atoms with Crippen LogP contribution in [0.15, 0.2) is 0 Å². The number of ether oxygens (including phenoxy) is 1. The molecule has 0 aliphatic carbocycles. The van der Waals surface area contributed by atoms with Gasteiger partial charge in [-0.25, -0.2) is 0 Å². The summed E-state index contributed by atoms with van der Waals surface area (Å²) in [5, 5.41) is 9.91. The Bertz CT molecular complexity index is 310. The van der Waals surface area contributed by atoms with E-state index in [1.165, 1.54) is 0 Å². The second-order valence-corrected chi connectivity index (χ2v) is 12.3. The SMILES string of the molecule is B[C@@H]1O[C@](CC)(CO)[C@@H](C)[C@H]1O[Si](C)(C)C(C)(C)C. The molecule has 1 fully saturated rings. The van der Waals surface area contributed by atoms with Crippen LogP contribution in [-0.4, -0.2) is 45.6 Å². The average molecular weight is 286 g/mol. The standard InChI is InChI=1S/C14H31BO3Si/c1-8-14(9-16)10(2)11(12(15)17-14)18-19(6,7)13(3,4)5/h10-12,16H,8-9,15H2,1-7H3/t10-,11+,12+,14+/m0/s1. The zero-order valence-electron chi connectivity index (χ0n) is 13.9.